The Balaban J connectivity index is 1.82. The number of rotatable bonds is 7. The molecule has 0 radical (unpaired) electrons. The molecule has 0 aliphatic heterocycles. The normalized spacial score (nSPS) is 11.0. The Morgan fingerprint density at radius 2 is 2.33 bits per heavy atom. The van der Waals surface area contributed by atoms with Crippen LogP contribution in [0.3, 0.4) is 0 Å². The molecule has 6 heteroatoms. The molecule has 98 valence electrons. The smallest absolute Gasteiger partial charge is 0.236 e. The van der Waals surface area contributed by atoms with Gasteiger partial charge in [-0.25, -0.2) is 0 Å². The van der Waals surface area contributed by atoms with Gasteiger partial charge in [-0.2, -0.15) is 0 Å². The van der Waals surface area contributed by atoms with Crippen molar-refractivity contribution in [2.45, 2.75) is 20.0 Å². The van der Waals surface area contributed by atoms with Crippen LogP contribution in [0.25, 0.3) is 0 Å². The van der Waals surface area contributed by atoms with Gasteiger partial charge in [0.2, 0.25) is 11.8 Å². The van der Waals surface area contributed by atoms with E-state index in [4.69, 9.17) is 9.15 Å². The Hall–Kier alpha value is -1.66. The van der Waals surface area contributed by atoms with E-state index < -0.39 is 0 Å². The molecule has 2 heterocycles. The molecule has 2 rings (SSSR count). The maximum absolute atomic E-state index is 5.33. The first-order chi connectivity index (χ1) is 8.78. The Morgan fingerprint density at radius 1 is 1.44 bits per heavy atom. The SMILES string of the molecule is COCCNCc1ccn(Cc2nnc(C)o2)c1. The van der Waals surface area contributed by atoms with E-state index in [-0.39, 0.29) is 0 Å². The lowest BCUT2D eigenvalue weighted by Gasteiger charge is -2.01. The van der Waals surface area contributed by atoms with E-state index >= 15 is 0 Å². The van der Waals surface area contributed by atoms with Gasteiger partial charge in [-0.05, 0) is 11.6 Å². The predicted octanol–water partition coefficient (Wildman–Crippen LogP) is 0.964. The molecule has 0 aliphatic carbocycles. The highest BCUT2D eigenvalue weighted by Gasteiger charge is 2.03. The second-order valence-corrected chi connectivity index (χ2v) is 4.08. The van der Waals surface area contributed by atoms with E-state index in [2.05, 4.69) is 27.8 Å². The maximum Gasteiger partial charge on any atom is 0.236 e. The van der Waals surface area contributed by atoms with Crippen LogP contribution in [-0.4, -0.2) is 35.0 Å². The Kier molecular flexibility index (Phi) is 4.49. The van der Waals surface area contributed by atoms with Crippen LogP contribution in [0.5, 0.6) is 0 Å². The minimum Gasteiger partial charge on any atom is -0.424 e. The number of aryl methyl sites for hydroxylation is 1. The number of aromatic nitrogens is 3. The molecule has 0 aliphatic rings. The van der Waals surface area contributed by atoms with E-state index in [0.717, 1.165) is 19.7 Å². The van der Waals surface area contributed by atoms with Crippen molar-refractivity contribution in [2.75, 3.05) is 20.3 Å². The molecule has 0 saturated carbocycles. The molecule has 0 amide bonds. The molecular weight excluding hydrogens is 232 g/mol. The van der Waals surface area contributed by atoms with E-state index in [1.54, 1.807) is 14.0 Å². The molecular formula is C12H18N4O2. The number of ether oxygens (including phenoxy) is 1. The van der Waals surface area contributed by atoms with Crippen molar-refractivity contribution in [3.05, 3.63) is 35.8 Å². The van der Waals surface area contributed by atoms with Gasteiger partial charge in [-0.3, -0.25) is 0 Å². The van der Waals surface area contributed by atoms with Crippen LogP contribution < -0.4 is 5.32 Å². The number of nitrogens with one attached hydrogen (secondary N) is 1. The average Bonchev–Trinajstić information content (AvgIpc) is 2.95. The summed E-state index contributed by atoms with van der Waals surface area (Å²) in [4.78, 5) is 0. The van der Waals surface area contributed by atoms with Crippen molar-refractivity contribution in [3.8, 4) is 0 Å². The van der Waals surface area contributed by atoms with Crippen LogP contribution in [0.4, 0.5) is 0 Å². The summed E-state index contributed by atoms with van der Waals surface area (Å²) in [5.74, 6) is 1.22. The summed E-state index contributed by atoms with van der Waals surface area (Å²) in [6.45, 7) is 4.81. The summed E-state index contributed by atoms with van der Waals surface area (Å²) in [5, 5.41) is 11.1. The maximum atomic E-state index is 5.33. The lowest BCUT2D eigenvalue weighted by molar-refractivity contribution is 0.199. The number of nitrogens with zero attached hydrogens (tertiary/aromatic N) is 3. The quantitative estimate of drug-likeness (QED) is 0.742. The van der Waals surface area contributed by atoms with Crippen molar-refractivity contribution in [1.29, 1.82) is 0 Å². The van der Waals surface area contributed by atoms with Gasteiger partial charge in [0.15, 0.2) is 0 Å². The zero-order chi connectivity index (χ0) is 12.8. The summed E-state index contributed by atoms with van der Waals surface area (Å²) >= 11 is 0. The highest BCUT2D eigenvalue weighted by atomic mass is 16.5. The highest BCUT2D eigenvalue weighted by molar-refractivity contribution is 5.10. The van der Waals surface area contributed by atoms with Gasteiger partial charge in [0, 0.05) is 39.5 Å². The van der Waals surface area contributed by atoms with Crippen molar-refractivity contribution in [2.24, 2.45) is 0 Å². The fourth-order valence-corrected chi connectivity index (χ4v) is 1.66. The van der Waals surface area contributed by atoms with Gasteiger partial charge in [0.25, 0.3) is 0 Å². The highest BCUT2D eigenvalue weighted by Crippen LogP contribution is 2.05. The number of hydrogen-bond donors (Lipinski definition) is 1. The molecule has 1 N–H and O–H groups in total. The molecule has 0 fully saturated rings. The van der Waals surface area contributed by atoms with Crippen LogP contribution in [0.2, 0.25) is 0 Å². The van der Waals surface area contributed by atoms with Crippen LogP contribution in [0.1, 0.15) is 17.3 Å². The summed E-state index contributed by atoms with van der Waals surface area (Å²) in [6, 6.07) is 2.07. The number of hydrogen-bond acceptors (Lipinski definition) is 5. The molecule has 0 atom stereocenters. The van der Waals surface area contributed by atoms with Crippen LogP contribution in [-0.2, 0) is 17.8 Å². The third kappa shape index (κ3) is 3.68. The van der Waals surface area contributed by atoms with Gasteiger partial charge in [0.05, 0.1) is 6.61 Å². The van der Waals surface area contributed by atoms with Gasteiger partial charge in [0.1, 0.15) is 6.54 Å². The molecule has 6 nitrogen and oxygen atoms in total. The van der Waals surface area contributed by atoms with Gasteiger partial charge in [-0.1, -0.05) is 0 Å². The summed E-state index contributed by atoms with van der Waals surface area (Å²) in [7, 11) is 1.70. The van der Waals surface area contributed by atoms with Crippen molar-refractivity contribution in [1.82, 2.24) is 20.1 Å². The third-order valence-corrected chi connectivity index (χ3v) is 2.51. The fraction of sp³-hybridized carbons (Fsp3) is 0.500. The second kappa shape index (κ2) is 6.32. The van der Waals surface area contributed by atoms with Crippen molar-refractivity contribution in [3.63, 3.8) is 0 Å². The second-order valence-electron chi connectivity index (χ2n) is 4.08. The Morgan fingerprint density at radius 3 is 3.06 bits per heavy atom. The summed E-state index contributed by atoms with van der Waals surface area (Å²) < 4.78 is 12.3. The minimum atomic E-state index is 0.596. The summed E-state index contributed by atoms with van der Waals surface area (Å²) in [5.41, 5.74) is 1.22. The minimum absolute atomic E-state index is 0.596. The summed E-state index contributed by atoms with van der Waals surface area (Å²) in [6.07, 6.45) is 4.08. The molecule has 0 aromatic carbocycles. The first-order valence-electron chi connectivity index (χ1n) is 5.91. The van der Waals surface area contributed by atoms with Crippen molar-refractivity contribution >= 4 is 0 Å². The fourth-order valence-electron chi connectivity index (χ4n) is 1.66. The first-order valence-corrected chi connectivity index (χ1v) is 5.91. The lowest BCUT2D eigenvalue weighted by Crippen LogP contribution is -2.18. The molecule has 18 heavy (non-hydrogen) atoms. The lowest BCUT2D eigenvalue weighted by atomic mass is 10.3. The Labute approximate surface area is 106 Å². The third-order valence-electron chi connectivity index (χ3n) is 2.51. The van der Waals surface area contributed by atoms with Crippen LogP contribution in [0.15, 0.2) is 22.9 Å². The molecule has 2 aromatic heterocycles. The van der Waals surface area contributed by atoms with Gasteiger partial charge < -0.3 is 19.0 Å². The topological polar surface area (TPSA) is 65.1 Å². The van der Waals surface area contributed by atoms with Gasteiger partial charge >= 0.3 is 0 Å². The zero-order valence-corrected chi connectivity index (χ0v) is 10.7. The average molecular weight is 250 g/mol. The van der Waals surface area contributed by atoms with Crippen LogP contribution >= 0.6 is 0 Å². The van der Waals surface area contributed by atoms with E-state index in [1.165, 1.54) is 5.56 Å². The van der Waals surface area contributed by atoms with E-state index in [1.807, 2.05) is 10.8 Å². The van der Waals surface area contributed by atoms with E-state index in [0.29, 0.717) is 18.3 Å². The predicted molar refractivity (Wildman–Crippen MR) is 66.2 cm³/mol. The molecule has 0 saturated heterocycles. The van der Waals surface area contributed by atoms with Gasteiger partial charge in [-0.15, -0.1) is 10.2 Å². The standard InChI is InChI=1S/C12H18N4O2/c1-10-14-15-12(18-10)9-16-5-3-11(8-16)7-13-4-6-17-2/h3,5,8,13H,4,6-7,9H2,1-2H3. The molecule has 0 spiro atoms. The van der Waals surface area contributed by atoms with E-state index in [9.17, 15) is 0 Å². The molecule has 0 unspecified atom stereocenters. The molecule has 2 aromatic rings. The number of methoxy groups -OCH3 is 1. The first kappa shape index (κ1) is 12.8. The zero-order valence-electron chi connectivity index (χ0n) is 10.7. The molecule has 0 bridgehead atoms. The largest absolute Gasteiger partial charge is 0.424 e. The van der Waals surface area contributed by atoms with Crippen molar-refractivity contribution < 1.29 is 9.15 Å². The monoisotopic (exact) mass is 250 g/mol. The Bertz CT molecular complexity index is 478. The van der Waals surface area contributed by atoms with Crippen LogP contribution in [0, 0.1) is 6.92 Å².